The van der Waals surface area contributed by atoms with Crippen molar-refractivity contribution in [3.63, 3.8) is 0 Å². The van der Waals surface area contributed by atoms with Crippen LogP contribution >= 0.6 is 12.6 Å². The maximum absolute atomic E-state index is 11.5. The van der Waals surface area contributed by atoms with Crippen LogP contribution in [-0.2, 0) is 4.79 Å². The van der Waals surface area contributed by atoms with Crippen molar-refractivity contribution in [1.29, 1.82) is 0 Å². The lowest BCUT2D eigenvalue weighted by Crippen LogP contribution is -2.12. The Morgan fingerprint density at radius 1 is 1.31 bits per heavy atom. The molecule has 0 unspecified atom stereocenters. The first-order valence-corrected chi connectivity index (χ1v) is 5.78. The van der Waals surface area contributed by atoms with Gasteiger partial charge in [-0.25, -0.2) is 0 Å². The van der Waals surface area contributed by atoms with Crippen molar-refractivity contribution < 1.29 is 4.79 Å². The average molecular weight is 235 g/mol. The van der Waals surface area contributed by atoms with Crippen molar-refractivity contribution in [1.82, 2.24) is 0 Å². The van der Waals surface area contributed by atoms with Crippen LogP contribution in [0.1, 0.15) is 32.3 Å². The van der Waals surface area contributed by atoms with Crippen LogP contribution in [0, 0.1) is 0 Å². The highest BCUT2D eigenvalue weighted by molar-refractivity contribution is 7.83. The Balaban J connectivity index is 2.73. The highest BCUT2D eigenvalue weighted by Crippen LogP contribution is 2.17. The van der Waals surface area contributed by atoms with Gasteiger partial charge in [-0.1, -0.05) is 26.0 Å². The largest absolute Gasteiger partial charge is 0.322 e. The molecule has 0 fully saturated rings. The minimum Gasteiger partial charge on any atom is -0.322 e. The summed E-state index contributed by atoms with van der Waals surface area (Å²) in [6, 6.07) is 7.89. The summed E-state index contributed by atoms with van der Waals surface area (Å²) < 4.78 is 0. The summed E-state index contributed by atoms with van der Waals surface area (Å²) in [5, 5.41) is 4.30. The molecule has 1 rings (SSSR count). The second-order valence-corrected chi connectivity index (χ2v) is 4.30. The van der Waals surface area contributed by atoms with Crippen LogP contribution in [0.4, 0.5) is 5.69 Å². The summed E-state index contributed by atoms with van der Waals surface area (Å²) in [5.74, 6) is 0.385. The van der Waals surface area contributed by atoms with E-state index in [1.54, 1.807) is 6.92 Å². The van der Waals surface area contributed by atoms with Gasteiger partial charge in [0, 0.05) is 11.3 Å². The zero-order chi connectivity index (χ0) is 12.1. The number of rotatable bonds is 3. The molecule has 86 valence electrons. The number of hydrogen-bond donors (Lipinski definition) is 2. The second kappa shape index (κ2) is 5.75. The molecule has 0 spiro atoms. The van der Waals surface area contributed by atoms with E-state index in [1.165, 1.54) is 11.0 Å². The molecule has 0 aliphatic carbocycles. The molecule has 0 aliphatic rings. The number of amides is 1. The lowest BCUT2D eigenvalue weighted by atomic mass is 10.0. The zero-order valence-corrected chi connectivity index (χ0v) is 10.7. The summed E-state index contributed by atoms with van der Waals surface area (Å²) in [4.78, 5) is 11.5. The van der Waals surface area contributed by atoms with E-state index >= 15 is 0 Å². The highest BCUT2D eigenvalue weighted by Gasteiger charge is 2.04. The van der Waals surface area contributed by atoms with E-state index in [4.69, 9.17) is 0 Å². The molecular formula is C13H17NOS. The highest BCUT2D eigenvalue weighted by atomic mass is 32.1. The Labute approximate surface area is 102 Å². The lowest BCUT2D eigenvalue weighted by molar-refractivity contribution is -0.112. The molecule has 0 saturated carbocycles. The summed E-state index contributed by atoms with van der Waals surface area (Å²) in [7, 11) is 0. The fourth-order valence-corrected chi connectivity index (χ4v) is 1.36. The molecule has 3 heteroatoms. The summed E-state index contributed by atoms with van der Waals surface area (Å²) in [6.45, 7) is 6.01. The fourth-order valence-electron chi connectivity index (χ4n) is 1.24. The molecule has 0 radical (unpaired) electrons. The number of thiol groups is 1. The van der Waals surface area contributed by atoms with Crippen LogP contribution in [0.2, 0.25) is 0 Å². The molecule has 0 heterocycles. The van der Waals surface area contributed by atoms with Crippen molar-refractivity contribution in [2.75, 3.05) is 5.32 Å². The van der Waals surface area contributed by atoms with Gasteiger partial charge in [-0.15, -0.1) is 0 Å². The van der Waals surface area contributed by atoms with Crippen molar-refractivity contribution in [2.24, 2.45) is 0 Å². The van der Waals surface area contributed by atoms with Gasteiger partial charge >= 0.3 is 0 Å². The van der Waals surface area contributed by atoms with Gasteiger partial charge in [0.05, 0.1) is 0 Å². The van der Waals surface area contributed by atoms with Crippen LogP contribution in [-0.4, -0.2) is 5.91 Å². The maximum Gasteiger partial charge on any atom is 0.251 e. The smallest absolute Gasteiger partial charge is 0.251 e. The van der Waals surface area contributed by atoms with Gasteiger partial charge < -0.3 is 5.32 Å². The van der Waals surface area contributed by atoms with Crippen molar-refractivity contribution in [3.8, 4) is 0 Å². The third-order valence-corrected chi connectivity index (χ3v) is 2.77. The minimum atomic E-state index is -0.118. The third-order valence-electron chi connectivity index (χ3n) is 2.39. The van der Waals surface area contributed by atoms with Gasteiger partial charge in [0.15, 0.2) is 0 Å². The molecule has 1 amide bonds. The molecule has 0 saturated heterocycles. The van der Waals surface area contributed by atoms with Gasteiger partial charge in [-0.2, -0.15) is 12.6 Å². The molecule has 0 bridgehead atoms. The Morgan fingerprint density at radius 2 is 1.88 bits per heavy atom. The second-order valence-electron chi connectivity index (χ2n) is 4.04. The quantitative estimate of drug-likeness (QED) is 0.608. The summed E-state index contributed by atoms with van der Waals surface area (Å²) in [5.41, 5.74) is 2.67. The zero-order valence-electron chi connectivity index (χ0n) is 9.82. The first kappa shape index (κ1) is 12.8. The van der Waals surface area contributed by atoms with Crippen LogP contribution < -0.4 is 5.32 Å². The Kier molecular flexibility index (Phi) is 4.62. The maximum atomic E-state index is 11.5. The van der Waals surface area contributed by atoms with Crippen LogP contribution in [0.3, 0.4) is 0 Å². The van der Waals surface area contributed by atoms with E-state index < -0.39 is 0 Å². The Morgan fingerprint density at radius 3 is 2.31 bits per heavy atom. The number of benzene rings is 1. The van der Waals surface area contributed by atoms with Crippen molar-refractivity contribution >= 4 is 24.2 Å². The Hall–Kier alpha value is -1.22. The SMILES string of the molecule is C/C(=C\S)C(=O)Nc1ccc(C(C)C)cc1. The van der Waals surface area contributed by atoms with E-state index in [1.807, 2.05) is 24.3 Å². The molecule has 0 atom stereocenters. The summed E-state index contributed by atoms with van der Waals surface area (Å²) in [6.07, 6.45) is 0. The molecule has 1 aromatic carbocycles. The minimum absolute atomic E-state index is 0.118. The standard InChI is InChI=1S/C13H17NOS/c1-9(2)11-4-6-12(7-5-11)14-13(15)10(3)8-16/h4-9,16H,1-3H3,(H,14,15)/b10-8+. The van der Waals surface area contributed by atoms with Gasteiger partial charge in [0.2, 0.25) is 0 Å². The first-order valence-electron chi connectivity index (χ1n) is 5.27. The molecule has 0 aromatic heterocycles. The van der Waals surface area contributed by atoms with Gasteiger partial charge in [-0.3, -0.25) is 4.79 Å². The Bertz CT molecular complexity index is 393. The van der Waals surface area contributed by atoms with Crippen LogP contribution in [0.25, 0.3) is 0 Å². The number of hydrogen-bond acceptors (Lipinski definition) is 2. The third kappa shape index (κ3) is 3.42. The van der Waals surface area contributed by atoms with E-state index in [9.17, 15) is 4.79 Å². The lowest BCUT2D eigenvalue weighted by Gasteiger charge is -2.08. The first-order chi connectivity index (χ1) is 7.54. The number of carbonyl (C=O) groups excluding carboxylic acids is 1. The van der Waals surface area contributed by atoms with Crippen molar-refractivity contribution in [3.05, 3.63) is 40.8 Å². The van der Waals surface area contributed by atoms with Gasteiger partial charge in [0.1, 0.15) is 0 Å². The number of carbonyl (C=O) groups is 1. The molecule has 1 aromatic rings. The fraction of sp³-hybridized carbons (Fsp3) is 0.308. The molecular weight excluding hydrogens is 218 g/mol. The number of anilines is 1. The monoisotopic (exact) mass is 235 g/mol. The van der Waals surface area contributed by atoms with E-state index in [2.05, 4.69) is 31.8 Å². The van der Waals surface area contributed by atoms with Gasteiger partial charge in [0.25, 0.3) is 5.91 Å². The predicted octanol–water partition coefficient (Wildman–Crippen LogP) is 3.58. The average Bonchev–Trinajstić information content (AvgIpc) is 2.28. The molecule has 1 N–H and O–H groups in total. The molecule has 2 nitrogen and oxygen atoms in total. The number of nitrogens with one attached hydrogen (secondary N) is 1. The van der Waals surface area contributed by atoms with Crippen LogP contribution in [0.15, 0.2) is 35.2 Å². The van der Waals surface area contributed by atoms with E-state index in [0.717, 1.165) is 5.69 Å². The summed E-state index contributed by atoms with van der Waals surface area (Å²) >= 11 is 3.94. The topological polar surface area (TPSA) is 29.1 Å². The van der Waals surface area contributed by atoms with Crippen LogP contribution in [0.5, 0.6) is 0 Å². The van der Waals surface area contributed by atoms with E-state index in [0.29, 0.717) is 11.5 Å². The van der Waals surface area contributed by atoms with E-state index in [-0.39, 0.29) is 5.91 Å². The molecule has 16 heavy (non-hydrogen) atoms. The van der Waals surface area contributed by atoms with Crippen molar-refractivity contribution in [2.45, 2.75) is 26.7 Å². The van der Waals surface area contributed by atoms with Gasteiger partial charge in [-0.05, 0) is 35.9 Å². The predicted molar refractivity (Wildman–Crippen MR) is 71.9 cm³/mol. The molecule has 0 aliphatic heterocycles. The normalized spacial score (nSPS) is 11.7.